The van der Waals surface area contributed by atoms with Gasteiger partial charge >= 0.3 is 12.0 Å². The first-order valence-electron chi connectivity index (χ1n) is 21.1. The first-order valence-corrected chi connectivity index (χ1v) is 23.9. The molecule has 1 heterocycles. The molecule has 15 nitrogen and oxygen atoms in total. The van der Waals surface area contributed by atoms with E-state index in [2.05, 4.69) is 31.9 Å². The molecule has 0 unspecified atom stereocenters. The van der Waals surface area contributed by atoms with Crippen LogP contribution in [0.4, 0.5) is 4.79 Å². The SMILES string of the molecule is CC[C@H](C)[C@H](NC(=O)N[C@H]1CCCCNC(=O)[C@@H](CCSC)NC(=O)[C@@H](CCc2ccccc2)N(C)C(=O)[C@@H](CCc2ccccc2)NC(=O)[C@@H](CCSC)NC1=O)C(=O)O. The van der Waals surface area contributed by atoms with E-state index in [9.17, 15) is 38.7 Å². The molecule has 2 aromatic rings. The van der Waals surface area contributed by atoms with Gasteiger partial charge < -0.3 is 41.9 Å². The Balaban J connectivity index is 2.04. The Morgan fingerprint density at radius 3 is 1.85 bits per heavy atom. The highest BCUT2D eigenvalue weighted by atomic mass is 32.2. The molecule has 1 aliphatic heterocycles. The summed E-state index contributed by atoms with van der Waals surface area (Å²) in [6.45, 7) is 3.71. The number of hydrogen-bond donors (Lipinski definition) is 7. The number of urea groups is 1. The van der Waals surface area contributed by atoms with Crippen molar-refractivity contribution in [2.45, 2.75) is 114 Å². The number of aliphatic carboxylic acids is 1. The van der Waals surface area contributed by atoms with Crippen LogP contribution < -0.4 is 31.9 Å². The Kier molecular flexibility index (Phi) is 22.6. The third-order valence-electron chi connectivity index (χ3n) is 10.9. The van der Waals surface area contributed by atoms with E-state index in [-0.39, 0.29) is 32.2 Å². The van der Waals surface area contributed by atoms with Crippen molar-refractivity contribution in [3.8, 4) is 0 Å². The molecule has 7 N–H and O–H groups in total. The molecule has 0 aromatic heterocycles. The second-order valence-electron chi connectivity index (χ2n) is 15.4. The second-order valence-corrected chi connectivity index (χ2v) is 17.4. The fourth-order valence-electron chi connectivity index (χ4n) is 6.98. The topological polar surface area (TPSA) is 215 Å². The van der Waals surface area contributed by atoms with Crippen molar-refractivity contribution < 1.29 is 38.7 Å². The van der Waals surface area contributed by atoms with Crippen LogP contribution in [-0.4, -0.2) is 125 Å². The van der Waals surface area contributed by atoms with Crippen LogP contribution in [0, 0.1) is 5.92 Å². The molecule has 1 saturated heterocycles. The van der Waals surface area contributed by atoms with Gasteiger partial charge in [-0.1, -0.05) is 80.9 Å². The Bertz CT molecular complexity index is 1720. The summed E-state index contributed by atoms with van der Waals surface area (Å²) in [7, 11) is 1.53. The molecule has 61 heavy (non-hydrogen) atoms. The molecule has 2 aromatic carbocycles. The lowest BCUT2D eigenvalue weighted by molar-refractivity contribution is -0.143. The van der Waals surface area contributed by atoms with Gasteiger partial charge in [-0.05, 0) is 98.8 Å². The first kappa shape index (κ1) is 50.6. The second kappa shape index (κ2) is 27.2. The number of benzene rings is 2. The fraction of sp³-hybridized carbons (Fsp3) is 0.568. The average molecular weight is 884 g/mol. The van der Waals surface area contributed by atoms with Crippen LogP contribution in [0.1, 0.15) is 76.3 Å². The molecule has 336 valence electrons. The van der Waals surface area contributed by atoms with Gasteiger partial charge in [0.05, 0.1) is 0 Å². The fourth-order valence-corrected chi connectivity index (χ4v) is 7.93. The Labute approximate surface area is 368 Å². The lowest BCUT2D eigenvalue weighted by Crippen LogP contribution is -2.60. The van der Waals surface area contributed by atoms with Gasteiger partial charge in [0.15, 0.2) is 0 Å². The van der Waals surface area contributed by atoms with Crippen molar-refractivity contribution in [3.05, 3.63) is 71.8 Å². The summed E-state index contributed by atoms with van der Waals surface area (Å²) in [5.41, 5.74) is 1.90. The van der Waals surface area contributed by atoms with Gasteiger partial charge in [-0.2, -0.15) is 23.5 Å². The van der Waals surface area contributed by atoms with E-state index in [1.54, 1.807) is 13.8 Å². The smallest absolute Gasteiger partial charge is 0.326 e. The molecule has 3 rings (SSSR count). The third-order valence-corrected chi connectivity index (χ3v) is 12.2. The van der Waals surface area contributed by atoms with Crippen molar-refractivity contribution in [1.82, 2.24) is 36.8 Å². The molecule has 0 radical (unpaired) electrons. The number of carboxylic acid groups (broad SMARTS) is 1. The average Bonchev–Trinajstić information content (AvgIpc) is 3.25. The number of hydrogen-bond acceptors (Lipinski definition) is 9. The summed E-state index contributed by atoms with van der Waals surface area (Å²) in [4.78, 5) is 97.5. The van der Waals surface area contributed by atoms with Crippen molar-refractivity contribution in [2.24, 2.45) is 5.92 Å². The first-order chi connectivity index (χ1) is 29.3. The Morgan fingerprint density at radius 1 is 0.754 bits per heavy atom. The Morgan fingerprint density at radius 2 is 1.30 bits per heavy atom. The minimum atomic E-state index is -1.21. The minimum Gasteiger partial charge on any atom is -0.480 e. The predicted octanol–water partition coefficient (Wildman–Crippen LogP) is 3.51. The molecule has 17 heteroatoms. The van der Waals surface area contributed by atoms with E-state index in [0.717, 1.165) is 11.1 Å². The molecular weight excluding hydrogens is 819 g/mol. The summed E-state index contributed by atoms with van der Waals surface area (Å²) < 4.78 is 0. The van der Waals surface area contributed by atoms with E-state index in [1.165, 1.54) is 35.5 Å². The van der Waals surface area contributed by atoms with E-state index >= 15 is 0 Å². The molecule has 0 aliphatic carbocycles. The number of thioether (sulfide) groups is 2. The zero-order chi connectivity index (χ0) is 44.7. The van der Waals surface area contributed by atoms with E-state index < -0.39 is 83.7 Å². The number of carbonyl (C=O) groups is 7. The van der Waals surface area contributed by atoms with Gasteiger partial charge in [0.25, 0.3) is 0 Å². The van der Waals surface area contributed by atoms with Crippen LogP contribution in [-0.2, 0) is 41.6 Å². The molecule has 0 bridgehead atoms. The van der Waals surface area contributed by atoms with Crippen molar-refractivity contribution in [1.29, 1.82) is 0 Å². The molecule has 0 saturated carbocycles. The molecule has 1 aliphatic rings. The van der Waals surface area contributed by atoms with Crippen LogP contribution >= 0.6 is 23.5 Å². The van der Waals surface area contributed by atoms with Gasteiger partial charge in [0.2, 0.25) is 29.5 Å². The van der Waals surface area contributed by atoms with Crippen molar-refractivity contribution in [3.63, 3.8) is 0 Å². The number of aryl methyl sites for hydroxylation is 2. The number of amides is 7. The number of carboxylic acids is 1. The van der Waals surface area contributed by atoms with Crippen LogP contribution in [0.3, 0.4) is 0 Å². The van der Waals surface area contributed by atoms with Gasteiger partial charge in [-0.15, -0.1) is 0 Å². The molecule has 7 atom stereocenters. The van der Waals surface area contributed by atoms with Gasteiger partial charge in [0.1, 0.15) is 36.3 Å². The number of likely N-dealkylation sites (N-methyl/N-ethyl adjacent to an activating group) is 1. The number of nitrogens with zero attached hydrogens (tertiary/aromatic N) is 1. The van der Waals surface area contributed by atoms with E-state index in [1.807, 2.05) is 73.2 Å². The minimum absolute atomic E-state index is 0.103. The van der Waals surface area contributed by atoms with Crippen LogP contribution in [0.15, 0.2) is 60.7 Å². The summed E-state index contributed by atoms with van der Waals surface area (Å²) in [6, 6.07) is 11.7. The number of nitrogens with one attached hydrogen (secondary N) is 6. The highest BCUT2D eigenvalue weighted by Gasteiger charge is 2.36. The van der Waals surface area contributed by atoms with Gasteiger partial charge in [-0.3, -0.25) is 24.0 Å². The molecule has 1 fully saturated rings. The van der Waals surface area contributed by atoms with Gasteiger partial charge in [0, 0.05) is 13.6 Å². The van der Waals surface area contributed by atoms with Crippen molar-refractivity contribution in [2.75, 3.05) is 37.6 Å². The lowest BCUT2D eigenvalue weighted by atomic mass is 9.99. The highest BCUT2D eigenvalue weighted by molar-refractivity contribution is 7.98. The summed E-state index contributed by atoms with van der Waals surface area (Å²) in [5, 5.41) is 26.4. The standard InChI is InChI=1S/C44H65N7O8S2/c1-6-29(2)37(43(57)58)50-44(59)49-32-19-13-14-26-45-38(52)33(24-27-60-4)47-41(55)36(23-21-31-17-11-8-12-18-31)51(3)42(56)35(22-20-30-15-9-7-10-16-30)48-40(54)34(25-28-61-5)46-39(32)53/h7-12,15-18,29,32-37H,6,13-14,19-28H2,1-5H3,(H,45,52)(H,46,53)(H,47,55)(H,48,54)(H,57,58)(H2,49,50,59)/t29-,32-,33+,34+,35+,36+,37-/m0/s1. The Hall–Kier alpha value is -4.77. The quantitative estimate of drug-likeness (QED) is 0.123. The summed E-state index contributed by atoms with van der Waals surface area (Å²) in [5.74, 6) is -3.21. The molecular formula is C44H65N7O8S2. The van der Waals surface area contributed by atoms with E-state index in [0.29, 0.717) is 50.0 Å². The zero-order valence-corrected chi connectivity index (χ0v) is 37.7. The van der Waals surface area contributed by atoms with E-state index in [4.69, 9.17) is 0 Å². The highest BCUT2D eigenvalue weighted by Crippen LogP contribution is 2.16. The summed E-state index contributed by atoms with van der Waals surface area (Å²) >= 11 is 3.00. The third kappa shape index (κ3) is 17.3. The van der Waals surface area contributed by atoms with Crippen LogP contribution in [0.5, 0.6) is 0 Å². The monoisotopic (exact) mass is 883 g/mol. The molecule has 0 spiro atoms. The maximum atomic E-state index is 14.7. The normalized spacial score (nSPS) is 22.2. The van der Waals surface area contributed by atoms with Crippen molar-refractivity contribution >= 4 is 65.1 Å². The maximum Gasteiger partial charge on any atom is 0.326 e. The van der Waals surface area contributed by atoms with Gasteiger partial charge in [-0.25, -0.2) is 9.59 Å². The number of carbonyl (C=O) groups excluding carboxylic acids is 6. The van der Waals surface area contributed by atoms with Crippen LogP contribution in [0.2, 0.25) is 0 Å². The van der Waals surface area contributed by atoms with Crippen LogP contribution in [0.25, 0.3) is 0 Å². The molecule has 7 amide bonds. The maximum absolute atomic E-state index is 14.7. The zero-order valence-electron chi connectivity index (χ0n) is 36.1. The lowest BCUT2D eigenvalue weighted by Gasteiger charge is -2.33. The predicted molar refractivity (Wildman–Crippen MR) is 241 cm³/mol. The summed E-state index contributed by atoms with van der Waals surface area (Å²) in [6.07, 6.45) is 6.96. The number of rotatable bonds is 17. The largest absolute Gasteiger partial charge is 0.480 e.